The number of rotatable bonds is 8. The molecule has 0 aliphatic heterocycles. The molecule has 1 N–H and O–H groups in total. The highest BCUT2D eigenvalue weighted by molar-refractivity contribution is 9.10. The highest BCUT2D eigenvalue weighted by Crippen LogP contribution is 2.38. The molecule has 0 fully saturated rings. The molecule has 0 saturated heterocycles. The Morgan fingerprint density at radius 2 is 1.82 bits per heavy atom. The number of hydrogen-bond donors (Lipinski definition) is 1. The monoisotopic (exact) mass is 515 g/mol. The predicted molar refractivity (Wildman–Crippen MR) is 134 cm³/mol. The fourth-order valence-electron chi connectivity index (χ4n) is 3.20. The summed E-state index contributed by atoms with van der Waals surface area (Å²) in [5.74, 6) is 0.420. The second-order valence-corrected chi connectivity index (χ2v) is 8.11. The van der Waals surface area contributed by atoms with Crippen molar-refractivity contribution >= 4 is 33.6 Å². The number of halogens is 1. The molecule has 0 atom stereocenters. The van der Waals surface area contributed by atoms with Gasteiger partial charge in [-0.15, -0.1) is 0 Å². The maximum atomic E-state index is 12.7. The lowest BCUT2D eigenvalue weighted by molar-refractivity contribution is -0.112. The summed E-state index contributed by atoms with van der Waals surface area (Å²) in [7, 11) is 0. The molecule has 0 aliphatic carbocycles. The minimum atomic E-state index is -0.501. The third-order valence-corrected chi connectivity index (χ3v) is 5.50. The van der Waals surface area contributed by atoms with Crippen LogP contribution in [0.15, 0.2) is 70.7 Å². The smallest absolute Gasteiger partial charge is 0.266 e. The van der Waals surface area contributed by atoms with Crippen LogP contribution in [0.2, 0.25) is 0 Å². The van der Waals surface area contributed by atoms with Gasteiger partial charge in [0.25, 0.3) is 5.91 Å². The number of ether oxygens (including phenoxy) is 2. The third-order valence-electron chi connectivity index (χ3n) is 4.91. The van der Waals surface area contributed by atoms with Crippen LogP contribution in [0.4, 0.5) is 5.69 Å². The molecule has 7 heteroatoms. The number of benzene rings is 3. The lowest BCUT2D eigenvalue weighted by atomic mass is 10.1. The van der Waals surface area contributed by atoms with Crippen LogP contribution >= 0.6 is 15.9 Å². The van der Waals surface area contributed by atoms with E-state index >= 15 is 0 Å². The van der Waals surface area contributed by atoms with Crippen molar-refractivity contribution < 1.29 is 14.3 Å². The Bertz CT molecular complexity index is 1320. The van der Waals surface area contributed by atoms with Crippen LogP contribution in [0.3, 0.4) is 0 Å². The zero-order chi connectivity index (χ0) is 24.5. The molecule has 3 aromatic rings. The second-order valence-electron chi connectivity index (χ2n) is 7.26. The van der Waals surface area contributed by atoms with Crippen LogP contribution in [0.25, 0.3) is 6.08 Å². The molecule has 0 aromatic heterocycles. The molecular weight excluding hydrogens is 494 g/mol. The molecule has 3 rings (SSSR count). The molecule has 0 bridgehead atoms. The topological polar surface area (TPSA) is 95.1 Å². The molecule has 6 nitrogen and oxygen atoms in total. The number of anilines is 1. The minimum Gasteiger partial charge on any atom is -0.490 e. The first-order valence-corrected chi connectivity index (χ1v) is 11.3. The summed E-state index contributed by atoms with van der Waals surface area (Å²) in [5.41, 5.74) is 3.38. The molecule has 1 amide bonds. The first-order valence-electron chi connectivity index (χ1n) is 10.5. The van der Waals surface area contributed by atoms with Crippen molar-refractivity contribution in [2.45, 2.75) is 20.5 Å². The van der Waals surface area contributed by atoms with Gasteiger partial charge in [0.1, 0.15) is 18.2 Å². The van der Waals surface area contributed by atoms with Crippen molar-refractivity contribution in [2.75, 3.05) is 11.9 Å². The summed E-state index contributed by atoms with van der Waals surface area (Å²) in [5, 5.41) is 21.7. The highest BCUT2D eigenvalue weighted by Gasteiger charge is 2.15. The van der Waals surface area contributed by atoms with Crippen LogP contribution in [-0.4, -0.2) is 12.5 Å². The first-order chi connectivity index (χ1) is 16.5. The highest BCUT2D eigenvalue weighted by atomic mass is 79.9. The van der Waals surface area contributed by atoms with Crippen molar-refractivity contribution in [1.29, 1.82) is 10.5 Å². The predicted octanol–water partition coefficient (Wildman–Crippen LogP) is 6.15. The number of nitriles is 2. The fourth-order valence-corrected chi connectivity index (χ4v) is 3.77. The van der Waals surface area contributed by atoms with E-state index < -0.39 is 5.91 Å². The lowest BCUT2D eigenvalue weighted by Crippen LogP contribution is -2.14. The van der Waals surface area contributed by atoms with Gasteiger partial charge in [-0.25, -0.2) is 0 Å². The number of aryl methyl sites for hydroxylation is 1. The number of hydrogen-bond acceptors (Lipinski definition) is 5. The van der Waals surface area contributed by atoms with Crippen molar-refractivity contribution in [1.82, 2.24) is 0 Å². The Morgan fingerprint density at radius 1 is 1.09 bits per heavy atom. The Hall–Kier alpha value is -4.07. The largest absolute Gasteiger partial charge is 0.490 e. The average Bonchev–Trinajstić information content (AvgIpc) is 2.83. The van der Waals surface area contributed by atoms with E-state index in [1.807, 2.05) is 50.2 Å². The number of nitrogens with one attached hydrogen (secondary N) is 1. The maximum absolute atomic E-state index is 12.7. The molecule has 0 spiro atoms. The number of carbonyl (C=O) groups is 1. The van der Waals surface area contributed by atoms with Crippen molar-refractivity contribution in [3.63, 3.8) is 0 Å². The van der Waals surface area contributed by atoms with Crippen molar-refractivity contribution in [3.05, 3.63) is 93.0 Å². The summed E-state index contributed by atoms with van der Waals surface area (Å²) in [6.07, 6.45) is 1.50. The first kappa shape index (κ1) is 24.6. The Kier molecular flexibility index (Phi) is 8.45. The minimum absolute atomic E-state index is 0.0470. The number of para-hydroxylation sites is 1. The van der Waals surface area contributed by atoms with Gasteiger partial charge in [0, 0.05) is 11.3 Å². The van der Waals surface area contributed by atoms with Gasteiger partial charge in [-0.2, -0.15) is 10.5 Å². The Labute approximate surface area is 207 Å². The van der Waals surface area contributed by atoms with E-state index in [0.29, 0.717) is 39.4 Å². The van der Waals surface area contributed by atoms with Crippen LogP contribution in [0.1, 0.15) is 29.2 Å². The second kappa shape index (κ2) is 11.7. The lowest BCUT2D eigenvalue weighted by Gasteiger charge is -2.15. The van der Waals surface area contributed by atoms with Crippen molar-refractivity contribution in [3.8, 4) is 23.6 Å². The normalized spacial score (nSPS) is 10.7. The Balaban J connectivity index is 1.88. The van der Waals surface area contributed by atoms with Crippen LogP contribution in [-0.2, 0) is 11.4 Å². The Morgan fingerprint density at radius 3 is 2.53 bits per heavy atom. The standard InChI is InChI=1S/C27H22BrN3O3/c1-3-33-25-14-19(12-22(16-30)27(32)31-24-11-7-4-8-18(24)2)13-23(28)26(25)34-17-21-10-6-5-9-20(21)15-29/h4-14H,3,17H2,1-2H3,(H,31,32)/b22-12+. The summed E-state index contributed by atoms with van der Waals surface area (Å²) < 4.78 is 12.3. The number of amides is 1. The van der Waals surface area contributed by atoms with Gasteiger partial charge < -0.3 is 14.8 Å². The van der Waals surface area contributed by atoms with E-state index in [-0.39, 0.29) is 12.2 Å². The van der Waals surface area contributed by atoms with Crippen LogP contribution in [0.5, 0.6) is 11.5 Å². The molecule has 170 valence electrons. The van der Waals surface area contributed by atoms with E-state index in [4.69, 9.17) is 9.47 Å². The van der Waals surface area contributed by atoms with E-state index in [2.05, 4.69) is 27.3 Å². The van der Waals surface area contributed by atoms with Gasteiger partial charge in [-0.1, -0.05) is 36.4 Å². The molecular formula is C27H22BrN3O3. The third kappa shape index (κ3) is 6.04. The molecule has 0 aliphatic rings. The van der Waals surface area contributed by atoms with E-state index in [1.54, 1.807) is 30.3 Å². The molecule has 3 aromatic carbocycles. The van der Waals surface area contributed by atoms with Crippen molar-refractivity contribution in [2.24, 2.45) is 0 Å². The zero-order valence-corrected chi connectivity index (χ0v) is 20.3. The summed E-state index contributed by atoms with van der Waals surface area (Å²) in [6, 6.07) is 22.1. The van der Waals surface area contributed by atoms with Gasteiger partial charge >= 0.3 is 0 Å². The molecule has 0 radical (unpaired) electrons. The van der Waals surface area contributed by atoms with Gasteiger partial charge in [-0.3, -0.25) is 4.79 Å². The van der Waals surface area contributed by atoms with E-state index in [1.165, 1.54) is 6.08 Å². The van der Waals surface area contributed by atoms with Gasteiger partial charge in [0.05, 0.1) is 22.7 Å². The maximum Gasteiger partial charge on any atom is 0.266 e. The average molecular weight is 516 g/mol. The van der Waals surface area contributed by atoms with Crippen LogP contribution < -0.4 is 14.8 Å². The number of carbonyl (C=O) groups excluding carboxylic acids is 1. The summed E-state index contributed by atoms with van der Waals surface area (Å²) in [4.78, 5) is 12.7. The fraction of sp³-hybridized carbons (Fsp3) is 0.148. The summed E-state index contributed by atoms with van der Waals surface area (Å²) >= 11 is 3.51. The van der Waals surface area contributed by atoms with Crippen LogP contribution in [0, 0.1) is 29.6 Å². The van der Waals surface area contributed by atoms with E-state index in [9.17, 15) is 15.3 Å². The molecule has 0 unspecified atom stereocenters. The summed E-state index contributed by atoms with van der Waals surface area (Å²) in [6.45, 7) is 4.30. The molecule has 0 saturated carbocycles. The quantitative estimate of drug-likeness (QED) is 0.286. The number of nitrogens with zero attached hydrogens (tertiary/aromatic N) is 2. The van der Waals surface area contributed by atoms with Gasteiger partial charge in [0.15, 0.2) is 11.5 Å². The molecule has 0 heterocycles. The SMILES string of the molecule is CCOc1cc(/C=C(\C#N)C(=O)Nc2ccccc2C)cc(Br)c1OCc1ccccc1C#N. The van der Waals surface area contributed by atoms with Gasteiger partial charge in [0.2, 0.25) is 0 Å². The van der Waals surface area contributed by atoms with E-state index in [0.717, 1.165) is 11.1 Å². The van der Waals surface area contributed by atoms with Gasteiger partial charge in [-0.05, 0) is 71.2 Å². The molecule has 34 heavy (non-hydrogen) atoms. The zero-order valence-electron chi connectivity index (χ0n) is 18.8.